The van der Waals surface area contributed by atoms with Crippen LogP contribution in [0.1, 0.15) is 56.9 Å². The van der Waals surface area contributed by atoms with Gasteiger partial charge in [-0.2, -0.15) is 0 Å². The van der Waals surface area contributed by atoms with E-state index in [1.54, 1.807) is 6.08 Å². The van der Waals surface area contributed by atoms with Gasteiger partial charge in [0.25, 0.3) is 0 Å². The predicted octanol–water partition coefficient (Wildman–Crippen LogP) is 3.60. The largest absolute Gasteiger partial charge is 0.351 e. The van der Waals surface area contributed by atoms with Crippen molar-refractivity contribution in [1.82, 2.24) is 10.2 Å². The summed E-state index contributed by atoms with van der Waals surface area (Å²) in [6.45, 7) is 1.49. The van der Waals surface area contributed by atoms with Crippen LogP contribution in [0.4, 0.5) is 5.69 Å². The number of carbonyl (C=O) groups is 2. The van der Waals surface area contributed by atoms with Crippen molar-refractivity contribution in [1.29, 1.82) is 0 Å². The van der Waals surface area contributed by atoms with Crippen molar-refractivity contribution in [3.05, 3.63) is 35.9 Å². The van der Waals surface area contributed by atoms with Crippen molar-refractivity contribution >= 4 is 23.6 Å². The molecule has 0 radical (unpaired) electrons. The average Bonchev–Trinajstić information content (AvgIpc) is 2.97. The lowest BCUT2D eigenvalue weighted by molar-refractivity contribution is -0.117. The molecular formula is C23H33N3O2. The smallest absolute Gasteiger partial charge is 0.244 e. The second-order valence-electron chi connectivity index (χ2n) is 8.32. The molecule has 1 N–H and O–H groups in total. The number of likely N-dealkylation sites (N-methyl/N-ethyl adjacent to an activating group) is 1. The van der Waals surface area contributed by atoms with Gasteiger partial charge >= 0.3 is 0 Å². The van der Waals surface area contributed by atoms with E-state index in [4.69, 9.17) is 0 Å². The van der Waals surface area contributed by atoms with Crippen molar-refractivity contribution in [2.75, 3.05) is 32.1 Å². The Bertz CT molecular complexity index is 701. The fourth-order valence-electron chi connectivity index (χ4n) is 4.34. The first-order valence-corrected chi connectivity index (χ1v) is 10.5. The van der Waals surface area contributed by atoms with Gasteiger partial charge in [0.1, 0.15) is 0 Å². The molecule has 0 spiro atoms. The third-order valence-electron chi connectivity index (χ3n) is 6.28. The number of nitrogens with zero attached hydrogens (tertiary/aromatic N) is 2. The van der Waals surface area contributed by atoms with Gasteiger partial charge in [-0.25, -0.2) is 0 Å². The lowest BCUT2D eigenvalue weighted by Crippen LogP contribution is -2.52. The highest BCUT2D eigenvalue weighted by atomic mass is 16.2. The SMILES string of the molecule is CN(C)C1(CNC(=O)/C=C/c2ccc(N3CCCC3=O)cc2)CCCCCC1. The lowest BCUT2D eigenvalue weighted by Gasteiger charge is -2.39. The maximum absolute atomic E-state index is 12.4. The van der Waals surface area contributed by atoms with E-state index < -0.39 is 0 Å². The first-order chi connectivity index (χ1) is 13.5. The molecule has 152 valence electrons. The van der Waals surface area contributed by atoms with Crippen LogP contribution in [0.25, 0.3) is 6.08 Å². The van der Waals surface area contributed by atoms with Crippen LogP contribution in [0.2, 0.25) is 0 Å². The van der Waals surface area contributed by atoms with E-state index >= 15 is 0 Å². The van der Waals surface area contributed by atoms with E-state index in [9.17, 15) is 9.59 Å². The molecule has 28 heavy (non-hydrogen) atoms. The number of nitrogens with one attached hydrogen (secondary N) is 1. The summed E-state index contributed by atoms with van der Waals surface area (Å²) in [5.41, 5.74) is 1.97. The number of hydrogen-bond donors (Lipinski definition) is 1. The zero-order valence-electron chi connectivity index (χ0n) is 17.2. The van der Waals surface area contributed by atoms with Crippen LogP contribution in [-0.4, -0.2) is 49.4 Å². The van der Waals surface area contributed by atoms with E-state index in [1.165, 1.54) is 25.7 Å². The Morgan fingerprint density at radius 3 is 2.36 bits per heavy atom. The van der Waals surface area contributed by atoms with E-state index in [-0.39, 0.29) is 17.4 Å². The van der Waals surface area contributed by atoms with Gasteiger partial charge in [-0.05, 0) is 57.1 Å². The molecule has 1 heterocycles. The van der Waals surface area contributed by atoms with Crippen LogP contribution >= 0.6 is 0 Å². The first-order valence-electron chi connectivity index (χ1n) is 10.5. The van der Waals surface area contributed by atoms with Crippen molar-refractivity contribution in [2.24, 2.45) is 0 Å². The maximum atomic E-state index is 12.4. The molecule has 2 aliphatic rings. The predicted molar refractivity (Wildman–Crippen MR) is 114 cm³/mol. The number of carbonyl (C=O) groups excluding carboxylic acids is 2. The Kier molecular flexibility index (Phi) is 6.89. The molecule has 0 atom stereocenters. The van der Waals surface area contributed by atoms with E-state index in [0.717, 1.165) is 37.1 Å². The molecule has 1 aliphatic carbocycles. The molecule has 1 aromatic carbocycles. The van der Waals surface area contributed by atoms with Crippen molar-refractivity contribution in [3.63, 3.8) is 0 Å². The standard InChI is InChI=1S/C23H33N3O2/c1-25(2)23(15-5-3-4-6-16-23)18-24-21(27)14-11-19-9-12-20(13-10-19)26-17-7-8-22(26)28/h9-14H,3-8,15-18H2,1-2H3,(H,24,27)/b14-11+. The van der Waals surface area contributed by atoms with Crippen molar-refractivity contribution in [3.8, 4) is 0 Å². The zero-order chi connectivity index (χ0) is 20.0. The van der Waals surface area contributed by atoms with Gasteiger partial charge in [0.2, 0.25) is 11.8 Å². The van der Waals surface area contributed by atoms with Gasteiger partial charge in [0, 0.05) is 36.8 Å². The molecule has 2 amide bonds. The summed E-state index contributed by atoms with van der Waals surface area (Å²) >= 11 is 0. The number of benzene rings is 1. The molecule has 3 rings (SSSR count). The molecule has 2 fully saturated rings. The summed E-state index contributed by atoms with van der Waals surface area (Å²) in [5.74, 6) is 0.139. The van der Waals surface area contributed by atoms with Gasteiger partial charge in [0.05, 0.1) is 0 Å². The van der Waals surface area contributed by atoms with Gasteiger partial charge in [0.15, 0.2) is 0 Å². The van der Waals surface area contributed by atoms with E-state index in [2.05, 4.69) is 24.3 Å². The summed E-state index contributed by atoms with van der Waals surface area (Å²) < 4.78 is 0. The van der Waals surface area contributed by atoms with Crippen molar-refractivity contribution < 1.29 is 9.59 Å². The quantitative estimate of drug-likeness (QED) is 0.603. The van der Waals surface area contributed by atoms with Crippen LogP contribution < -0.4 is 10.2 Å². The third kappa shape index (κ3) is 5.02. The molecule has 0 aromatic heterocycles. The van der Waals surface area contributed by atoms with Crippen LogP contribution in [0.3, 0.4) is 0 Å². The molecule has 1 saturated carbocycles. The summed E-state index contributed by atoms with van der Waals surface area (Å²) in [7, 11) is 4.25. The molecule has 5 nitrogen and oxygen atoms in total. The highest BCUT2D eigenvalue weighted by Gasteiger charge is 2.33. The second kappa shape index (κ2) is 9.37. The lowest BCUT2D eigenvalue weighted by atomic mass is 9.88. The zero-order valence-corrected chi connectivity index (χ0v) is 17.2. The summed E-state index contributed by atoms with van der Waals surface area (Å²) in [5, 5.41) is 3.11. The van der Waals surface area contributed by atoms with Gasteiger partial charge in [-0.3, -0.25) is 9.59 Å². The molecule has 1 aromatic rings. The monoisotopic (exact) mass is 383 g/mol. The van der Waals surface area contributed by atoms with Crippen LogP contribution in [0.5, 0.6) is 0 Å². The fraction of sp³-hybridized carbons (Fsp3) is 0.565. The normalized spacial score (nSPS) is 20.0. The summed E-state index contributed by atoms with van der Waals surface area (Å²) in [4.78, 5) is 28.3. The van der Waals surface area contributed by atoms with Crippen LogP contribution in [0, 0.1) is 0 Å². The van der Waals surface area contributed by atoms with Gasteiger partial charge < -0.3 is 15.1 Å². The first kappa shape index (κ1) is 20.6. The Morgan fingerprint density at radius 2 is 1.79 bits per heavy atom. The minimum absolute atomic E-state index is 0.0516. The number of hydrogen-bond acceptors (Lipinski definition) is 3. The number of anilines is 1. The summed E-state index contributed by atoms with van der Waals surface area (Å²) in [6.07, 6.45) is 12.3. The third-order valence-corrected chi connectivity index (χ3v) is 6.28. The average molecular weight is 384 g/mol. The van der Waals surface area contributed by atoms with Gasteiger partial charge in [-0.15, -0.1) is 0 Å². The Labute approximate surface area is 168 Å². The topological polar surface area (TPSA) is 52.7 Å². The number of rotatable bonds is 6. The number of amides is 2. The van der Waals surface area contributed by atoms with E-state index in [0.29, 0.717) is 13.0 Å². The molecule has 1 aliphatic heterocycles. The van der Waals surface area contributed by atoms with Crippen LogP contribution in [-0.2, 0) is 9.59 Å². The Hall–Kier alpha value is -2.14. The minimum atomic E-state index is -0.0516. The summed E-state index contributed by atoms with van der Waals surface area (Å²) in [6, 6.07) is 7.81. The molecular weight excluding hydrogens is 350 g/mol. The highest BCUT2D eigenvalue weighted by molar-refractivity contribution is 5.95. The minimum Gasteiger partial charge on any atom is -0.351 e. The Balaban J connectivity index is 1.55. The molecule has 0 unspecified atom stereocenters. The van der Waals surface area contributed by atoms with Crippen LogP contribution in [0.15, 0.2) is 30.3 Å². The maximum Gasteiger partial charge on any atom is 0.244 e. The fourth-order valence-corrected chi connectivity index (χ4v) is 4.34. The molecule has 0 bridgehead atoms. The van der Waals surface area contributed by atoms with Crippen molar-refractivity contribution in [2.45, 2.75) is 56.9 Å². The van der Waals surface area contributed by atoms with E-state index in [1.807, 2.05) is 35.2 Å². The second-order valence-corrected chi connectivity index (χ2v) is 8.32. The molecule has 1 saturated heterocycles. The van der Waals surface area contributed by atoms with Gasteiger partial charge in [-0.1, -0.05) is 37.8 Å². The highest BCUT2D eigenvalue weighted by Crippen LogP contribution is 2.30. The molecule has 5 heteroatoms. The Morgan fingerprint density at radius 1 is 1.11 bits per heavy atom.